The summed E-state index contributed by atoms with van der Waals surface area (Å²) in [5.74, 6) is -0.312. The molecule has 226 valence electrons. The Morgan fingerprint density at radius 2 is 0.909 bits per heavy atom. The Balaban J connectivity index is 1.52. The molecule has 4 nitrogen and oxygen atoms in total. The molecule has 0 amide bonds. The number of nitrogens with one attached hydrogen (secondary N) is 2. The third-order valence-corrected chi connectivity index (χ3v) is 8.58. The van der Waals surface area contributed by atoms with Crippen molar-refractivity contribution in [2.45, 2.75) is 79.1 Å². The quantitative estimate of drug-likeness (QED) is 0.187. The van der Waals surface area contributed by atoms with Crippen molar-refractivity contribution in [2.24, 2.45) is 0 Å². The van der Waals surface area contributed by atoms with Crippen LogP contribution < -0.4 is 0 Å². The third-order valence-electron chi connectivity index (χ3n) is 8.58. The zero-order valence-electron chi connectivity index (χ0n) is 27.5. The molecular weight excluding hydrogens is 540 g/mol. The summed E-state index contributed by atoms with van der Waals surface area (Å²) in [5.41, 5.74) is 11.3. The zero-order chi connectivity index (χ0) is 32.0. The Hall–Kier alpha value is -4.44. The van der Waals surface area contributed by atoms with Gasteiger partial charge < -0.3 is 9.97 Å². The predicted octanol–water partition coefficient (Wildman–Crippen LogP) is 9.51. The van der Waals surface area contributed by atoms with Crippen LogP contribution in [0.3, 0.4) is 0 Å². The number of aromatic amines is 2. The van der Waals surface area contributed by atoms with Crippen molar-refractivity contribution in [3.05, 3.63) is 152 Å². The fourth-order valence-corrected chi connectivity index (χ4v) is 6.10. The number of aryl methyl sites for hydroxylation is 3. The van der Waals surface area contributed by atoms with Crippen molar-refractivity contribution in [2.75, 3.05) is 0 Å². The minimum absolute atomic E-state index is 0.0182. The largest absolute Gasteiger partial charge is 0.355 e. The van der Waals surface area contributed by atoms with Gasteiger partial charge in [0.1, 0.15) is 0 Å². The van der Waals surface area contributed by atoms with Crippen LogP contribution in [0.2, 0.25) is 0 Å². The van der Waals surface area contributed by atoms with E-state index in [9.17, 15) is 9.59 Å². The van der Waals surface area contributed by atoms with Gasteiger partial charge in [-0.25, -0.2) is 0 Å². The van der Waals surface area contributed by atoms with Crippen LogP contribution >= 0.6 is 0 Å². The number of carbonyl (C=O) groups excluding carboxylic acids is 2. The second-order valence-electron chi connectivity index (χ2n) is 14.2. The van der Waals surface area contributed by atoms with Gasteiger partial charge >= 0.3 is 0 Å². The second-order valence-corrected chi connectivity index (χ2v) is 14.2. The molecule has 0 saturated carbocycles. The summed E-state index contributed by atoms with van der Waals surface area (Å²) in [5, 5.41) is 0. The molecule has 2 heterocycles. The van der Waals surface area contributed by atoms with Gasteiger partial charge in [-0.3, -0.25) is 9.59 Å². The molecule has 5 rings (SSSR count). The van der Waals surface area contributed by atoms with Crippen molar-refractivity contribution >= 4 is 11.6 Å². The number of carbonyl (C=O) groups is 2. The Morgan fingerprint density at radius 3 is 1.25 bits per heavy atom. The Labute approximate surface area is 262 Å². The van der Waals surface area contributed by atoms with Crippen LogP contribution in [-0.4, -0.2) is 21.5 Å². The maximum absolute atomic E-state index is 13.5. The number of ketones is 2. The molecule has 0 radical (unpaired) electrons. The number of aromatic nitrogens is 2. The van der Waals surface area contributed by atoms with Crippen LogP contribution in [0.1, 0.15) is 124 Å². The SMILES string of the molecule is Cc1cc(C)c(C(c2ccc(C(=O)c3ccc(C(C)(C)C)cc3)[nH]2)c2ccc(C(=O)c3ccc(C(C)(C)C)cc3)[nH]2)c(C)c1. The van der Waals surface area contributed by atoms with Crippen LogP contribution in [0, 0.1) is 20.8 Å². The first-order valence-electron chi connectivity index (χ1n) is 15.4. The van der Waals surface area contributed by atoms with Crippen molar-refractivity contribution in [1.29, 1.82) is 0 Å². The molecule has 5 aromatic rings. The van der Waals surface area contributed by atoms with Gasteiger partial charge in [0.15, 0.2) is 0 Å². The standard InChI is InChI=1S/C40H44N2O2/c1-24-22-25(2)35(26(3)23-24)36(31-18-20-33(41-31)37(43)27-10-14-29(15-11-27)39(4,5)6)32-19-21-34(42-32)38(44)28-12-16-30(17-13-28)40(7,8)9/h10-23,36,41-42H,1-9H3. The van der Waals surface area contributed by atoms with Gasteiger partial charge in [-0.2, -0.15) is 0 Å². The lowest BCUT2D eigenvalue weighted by atomic mass is 9.85. The summed E-state index contributed by atoms with van der Waals surface area (Å²) in [6.07, 6.45) is 0. The second kappa shape index (κ2) is 11.6. The number of H-pyrrole nitrogens is 2. The highest BCUT2D eigenvalue weighted by atomic mass is 16.1. The highest BCUT2D eigenvalue weighted by molar-refractivity contribution is 6.08. The molecule has 44 heavy (non-hydrogen) atoms. The van der Waals surface area contributed by atoms with Gasteiger partial charge in [-0.05, 0) is 83.7 Å². The van der Waals surface area contributed by atoms with Gasteiger partial charge in [0.25, 0.3) is 0 Å². The Morgan fingerprint density at radius 1 is 0.545 bits per heavy atom. The fourth-order valence-electron chi connectivity index (χ4n) is 6.10. The van der Waals surface area contributed by atoms with Gasteiger partial charge in [0.2, 0.25) is 11.6 Å². The first-order valence-corrected chi connectivity index (χ1v) is 15.4. The number of hydrogen-bond acceptors (Lipinski definition) is 2. The van der Waals surface area contributed by atoms with Crippen LogP contribution in [-0.2, 0) is 10.8 Å². The van der Waals surface area contributed by atoms with E-state index in [1.165, 1.54) is 16.7 Å². The van der Waals surface area contributed by atoms with E-state index >= 15 is 0 Å². The van der Waals surface area contributed by atoms with Crippen molar-refractivity contribution in [1.82, 2.24) is 9.97 Å². The molecule has 4 heteroatoms. The van der Waals surface area contributed by atoms with E-state index in [2.05, 4.69) is 84.4 Å². The van der Waals surface area contributed by atoms with E-state index < -0.39 is 0 Å². The average molecular weight is 585 g/mol. The maximum Gasteiger partial charge on any atom is 0.209 e. The molecule has 2 aromatic heterocycles. The maximum atomic E-state index is 13.5. The van der Waals surface area contributed by atoms with E-state index in [0.29, 0.717) is 22.5 Å². The average Bonchev–Trinajstić information content (AvgIpc) is 3.64. The van der Waals surface area contributed by atoms with Crippen LogP contribution in [0.15, 0.2) is 84.9 Å². The van der Waals surface area contributed by atoms with Gasteiger partial charge in [-0.15, -0.1) is 0 Å². The molecule has 0 spiro atoms. The monoisotopic (exact) mass is 584 g/mol. The molecule has 0 bridgehead atoms. The van der Waals surface area contributed by atoms with Crippen LogP contribution in [0.4, 0.5) is 0 Å². The first kappa shape index (κ1) is 31.0. The van der Waals surface area contributed by atoms with E-state index in [1.807, 2.05) is 72.8 Å². The lowest BCUT2D eigenvalue weighted by Crippen LogP contribution is -2.12. The van der Waals surface area contributed by atoms with Gasteiger partial charge in [0, 0.05) is 22.5 Å². The molecule has 0 unspecified atom stereocenters. The molecule has 0 aliphatic heterocycles. The summed E-state index contributed by atoms with van der Waals surface area (Å²) in [6.45, 7) is 19.3. The summed E-state index contributed by atoms with van der Waals surface area (Å²) in [7, 11) is 0. The fraction of sp³-hybridized carbons (Fsp3) is 0.300. The number of benzene rings is 3. The highest BCUT2D eigenvalue weighted by Crippen LogP contribution is 2.36. The molecule has 0 aliphatic rings. The minimum Gasteiger partial charge on any atom is -0.355 e. The lowest BCUT2D eigenvalue weighted by molar-refractivity contribution is 0.102. The molecule has 0 saturated heterocycles. The Bertz CT molecular complexity index is 1690. The van der Waals surface area contributed by atoms with E-state index in [0.717, 1.165) is 28.1 Å². The molecule has 0 fully saturated rings. The normalized spacial score (nSPS) is 12.1. The highest BCUT2D eigenvalue weighted by Gasteiger charge is 2.26. The summed E-state index contributed by atoms with van der Waals surface area (Å²) < 4.78 is 0. The Kier molecular flexibility index (Phi) is 8.15. The van der Waals surface area contributed by atoms with Crippen LogP contribution in [0.25, 0.3) is 0 Å². The summed E-state index contributed by atoms with van der Waals surface area (Å²) in [4.78, 5) is 34.0. The zero-order valence-corrected chi connectivity index (χ0v) is 27.5. The van der Waals surface area contributed by atoms with Crippen molar-refractivity contribution in [3.8, 4) is 0 Å². The van der Waals surface area contributed by atoms with E-state index in [-0.39, 0.29) is 28.3 Å². The number of rotatable bonds is 7. The molecule has 3 aromatic carbocycles. The summed E-state index contributed by atoms with van der Waals surface area (Å²) >= 11 is 0. The van der Waals surface area contributed by atoms with Gasteiger partial charge in [0.05, 0.1) is 17.3 Å². The molecular formula is C40H44N2O2. The van der Waals surface area contributed by atoms with Gasteiger partial charge in [-0.1, -0.05) is 108 Å². The minimum atomic E-state index is -0.217. The molecule has 2 N–H and O–H groups in total. The predicted molar refractivity (Wildman–Crippen MR) is 180 cm³/mol. The number of hydrogen-bond donors (Lipinski definition) is 2. The van der Waals surface area contributed by atoms with Crippen molar-refractivity contribution < 1.29 is 9.59 Å². The van der Waals surface area contributed by atoms with Crippen LogP contribution in [0.5, 0.6) is 0 Å². The lowest BCUT2D eigenvalue weighted by Gasteiger charge is -2.21. The van der Waals surface area contributed by atoms with E-state index in [1.54, 1.807) is 0 Å². The van der Waals surface area contributed by atoms with E-state index in [4.69, 9.17) is 0 Å². The summed E-state index contributed by atoms with van der Waals surface area (Å²) in [6, 6.07) is 27.9. The topological polar surface area (TPSA) is 65.7 Å². The smallest absolute Gasteiger partial charge is 0.209 e. The van der Waals surface area contributed by atoms with Crippen molar-refractivity contribution in [3.63, 3.8) is 0 Å². The molecule has 0 aliphatic carbocycles. The third kappa shape index (κ3) is 6.26. The molecule has 0 atom stereocenters. The first-order chi connectivity index (χ1) is 20.6.